The Labute approximate surface area is 197 Å². The minimum absolute atomic E-state index is 0.140. The lowest BCUT2D eigenvalue weighted by atomic mass is 9.86. The van der Waals surface area contributed by atoms with Crippen molar-refractivity contribution in [2.75, 3.05) is 0 Å². The summed E-state index contributed by atoms with van der Waals surface area (Å²) in [5.74, 6) is -1.70. The van der Waals surface area contributed by atoms with Crippen molar-refractivity contribution in [3.63, 3.8) is 0 Å². The maximum absolute atomic E-state index is 14.7. The van der Waals surface area contributed by atoms with Crippen molar-refractivity contribution in [2.45, 2.75) is 31.3 Å². The normalized spacial score (nSPS) is 14.8. The van der Waals surface area contributed by atoms with Crippen LogP contribution in [0.5, 0.6) is 0 Å². The average Bonchev–Trinajstić information content (AvgIpc) is 3.49. The second kappa shape index (κ2) is 9.41. The Morgan fingerprint density at radius 3 is 2.34 bits per heavy atom. The maximum atomic E-state index is 14.7. The molecular formula is C24H20F5N5O. The largest absolute Gasteiger partial charge is 0.416 e. The van der Waals surface area contributed by atoms with Crippen LogP contribution in [0.1, 0.15) is 35.2 Å². The predicted octanol–water partition coefficient (Wildman–Crippen LogP) is 5.09. The summed E-state index contributed by atoms with van der Waals surface area (Å²) >= 11 is 0. The van der Waals surface area contributed by atoms with E-state index in [1.165, 1.54) is 46.4 Å². The molecule has 1 N–H and O–H groups in total. The van der Waals surface area contributed by atoms with Gasteiger partial charge in [-0.1, -0.05) is 30.4 Å². The van der Waals surface area contributed by atoms with E-state index in [0.717, 1.165) is 18.2 Å². The molecule has 4 aromatic rings. The molecule has 6 nitrogen and oxygen atoms in total. The quantitative estimate of drug-likeness (QED) is 0.367. The first kappa shape index (κ1) is 24.3. The van der Waals surface area contributed by atoms with Crippen LogP contribution in [-0.2, 0) is 18.3 Å². The molecule has 2 aromatic carbocycles. The molecule has 0 radical (unpaired) electrons. The van der Waals surface area contributed by atoms with Crippen LogP contribution in [0.25, 0.3) is 12.2 Å². The molecule has 0 aliphatic rings. The molecule has 0 bridgehead atoms. The molecule has 0 unspecified atom stereocenters. The smallest absolute Gasteiger partial charge is 0.381 e. The summed E-state index contributed by atoms with van der Waals surface area (Å²) in [5.41, 5.74) is -1.61. The molecule has 4 rings (SSSR count). The van der Waals surface area contributed by atoms with Gasteiger partial charge in [-0.2, -0.15) is 23.4 Å². The highest BCUT2D eigenvalue weighted by molar-refractivity contribution is 5.69. The van der Waals surface area contributed by atoms with E-state index >= 15 is 0 Å². The lowest BCUT2D eigenvalue weighted by Gasteiger charge is -2.34. The Hall–Kier alpha value is -3.86. The minimum Gasteiger partial charge on any atom is -0.381 e. The predicted molar refractivity (Wildman–Crippen MR) is 118 cm³/mol. The number of benzene rings is 2. The first-order valence-corrected chi connectivity index (χ1v) is 10.5. The Bertz CT molecular complexity index is 1320. The third-order valence-electron chi connectivity index (χ3n) is 5.68. The van der Waals surface area contributed by atoms with Crippen LogP contribution in [0.4, 0.5) is 22.0 Å². The summed E-state index contributed by atoms with van der Waals surface area (Å²) in [7, 11) is 0. The highest BCUT2D eigenvalue weighted by atomic mass is 19.4. The summed E-state index contributed by atoms with van der Waals surface area (Å²) in [4.78, 5) is 3.84. The lowest BCUT2D eigenvalue weighted by molar-refractivity contribution is -0.137. The van der Waals surface area contributed by atoms with Crippen molar-refractivity contribution in [3.8, 4) is 0 Å². The number of hydrogen-bond acceptors (Lipinski definition) is 4. The Morgan fingerprint density at radius 1 is 1.00 bits per heavy atom. The number of hydrogen-bond donors (Lipinski definition) is 1. The fraction of sp³-hybridized carbons (Fsp3) is 0.208. The molecule has 0 aliphatic carbocycles. The summed E-state index contributed by atoms with van der Waals surface area (Å²) in [6.07, 6.45) is 4.57. The Kier molecular flexibility index (Phi) is 6.53. The second-order valence-corrected chi connectivity index (χ2v) is 8.02. The van der Waals surface area contributed by atoms with E-state index < -0.39 is 35.0 Å². The molecule has 2 atom stereocenters. The van der Waals surface area contributed by atoms with Crippen LogP contribution in [0.15, 0.2) is 67.5 Å². The molecule has 182 valence electrons. The van der Waals surface area contributed by atoms with Crippen molar-refractivity contribution in [3.05, 3.63) is 101 Å². The van der Waals surface area contributed by atoms with Crippen LogP contribution >= 0.6 is 0 Å². The zero-order valence-electron chi connectivity index (χ0n) is 18.4. The van der Waals surface area contributed by atoms with E-state index in [2.05, 4.69) is 15.2 Å². The molecule has 2 heterocycles. The van der Waals surface area contributed by atoms with Gasteiger partial charge in [0, 0.05) is 23.4 Å². The van der Waals surface area contributed by atoms with Gasteiger partial charge in [0.25, 0.3) is 0 Å². The van der Waals surface area contributed by atoms with Crippen LogP contribution in [0, 0.1) is 11.6 Å². The van der Waals surface area contributed by atoms with Crippen molar-refractivity contribution in [1.29, 1.82) is 0 Å². The van der Waals surface area contributed by atoms with E-state index in [4.69, 9.17) is 0 Å². The van der Waals surface area contributed by atoms with Gasteiger partial charge >= 0.3 is 6.18 Å². The molecule has 2 aromatic heterocycles. The lowest BCUT2D eigenvalue weighted by Crippen LogP contribution is -2.40. The minimum atomic E-state index is -4.41. The van der Waals surface area contributed by atoms with Gasteiger partial charge in [0.15, 0.2) is 0 Å². The number of alkyl halides is 3. The Morgan fingerprint density at radius 2 is 1.71 bits per heavy atom. The molecule has 0 amide bonds. The van der Waals surface area contributed by atoms with Gasteiger partial charge in [-0.15, -0.1) is 0 Å². The van der Waals surface area contributed by atoms with Gasteiger partial charge in [-0.25, -0.2) is 18.4 Å². The van der Waals surface area contributed by atoms with Gasteiger partial charge in [0.05, 0.1) is 24.3 Å². The average molecular weight is 489 g/mol. The van der Waals surface area contributed by atoms with Crippen LogP contribution in [0.2, 0.25) is 0 Å². The van der Waals surface area contributed by atoms with Gasteiger partial charge in [0.1, 0.15) is 29.9 Å². The topological polar surface area (TPSA) is 68.8 Å². The Balaban J connectivity index is 1.60. The van der Waals surface area contributed by atoms with E-state index in [1.54, 1.807) is 25.3 Å². The third kappa shape index (κ3) is 5.29. The third-order valence-corrected chi connectivity index (χ3v) is 5.68. The van der Waals surface area contributed by atoms with E-state index in [1.807, 2.05) is 0 Å². The van der Waals surface area contributed by atoms with Crippen molar-refractivity contribution in [1.82, 2.24) is 24.5 Å². The standard InChI is InChI=1S/C24H20F5N5O/c1-16(23(35,13-33-15-30-14-32-33)21-9-8-20(25)10-22(21)26)34-12-18(11-31-34)3-2-17-4-6-19(7-5-17)24(27,28)29/h2-12,14-16,35H,13H2,1H3/b3-2+/t16-,23-/m1/s1. The number of halogens is 5. The zero-order chi connectivity index (χ0) is 25.2. The van der Waals surface area contributed by atoms with Crippen LogP contribution < -0.4 is 0 Å². The van der Waals surface area contributed by atoms with Gasteiger partial charge in [-0.3, -0.25) is 4.68 Å². The molecule has 35 heavy (non-hydrogen) atoms. The molecular weight excluding hydrogens is 469 g/mol. The van der Waals surface area contributed by atoms with Gasteiger partial charge in [0.2, 0.25) is 0 Å². The first-order chi connectivity index (χ1) is 16.6. The van der Waals surface area contributed by atoms with E-state index in [0.29, 0.717) is 17.2 Å². The highest BCUT2D eigenvalue weighted by Crippen LogP contribution is 2.36. The second-order valence-electron chi connectivity index (χ2n) is 8.02. The van der Waals surface area contributed by atoms with Gasteiger partial charge in [-0.05, 0) is 30.7 Å². The van der Waals surface area contributed by atoms with Crippen molar-refractivity contribution in [2.24, 2.45) is 0 Å². The summed E-state index contributed by atoms with van der Waals surface area (Å²) < 4.78 is 69.2. The monoisotopic (exact) mass is 489 g/mol. The van der Waals surface area contributed by atoms with Crippen LogP contribution in [-0.4, -0.2) is 29.7 Å². The van der Waals surface area contributed by atoms with Gasteiger partial charge < -0.3 is 5.11 Å². The number of aromatic nitrogens is 5. The summed E-state index contributed by atoms with van der Waals surface area (Å²) in [6.45, 7) is 1.43. The molecule has 11 heteroatoms. The molecule has 0 saturated heterocycles. The first-order valence-electron chi connectivity index (χ1n) is 10.5. The van der Waals surface area contributed by atoms with E-state index in [9.17, 15) is 27.1 Å². The number of nitrogens with zero attached hydrogens (tertiary/aromatic N) is 5. The van der Waals surface area contributed by atoms with E-state index in [-0.39, 0.29) is 12.1 Å². The fourth-order valence-electron chi connectivity index (χ4n) is 3.69. The molecule has 0 aliphatic heterocycles. The summed E-state index contributed by atoms with van der Waals surface area (Å²) in [5, 5.41) is 19.9. The SMILES string of the molecule is C[C@@H](n1cc(/C=C/c2ccc(C(F)(F)F)cc2)cn1)[C@](O)(Cn1cncn1)c1ccc(F)cc1F. The highest BCUT2D eigenvalue weighted by Gasteiger charge is 2.40. The summed E-state index contributed by atoms with van der Waals surface area (Å²) in [6, 6.07) is 6.77. The zero-order valence-corrected chi connectivity index (χ0v) is 18.4. The maximum Gasteiger partial charge on any atom is 0.416 e. The molecule has 0 spiro atoms. The molecule has 0 fully saturated rings. The van der Waals surface area contributed by atoms with Crippen molar-refractivity contribution >= 4 is 12.2 Å². The molecule has 0 saturated carbocycles. The fourth-order valence-corrected chi connectivity index (χ4v) is 3.69. The number of rotatable bonds is 7. The van der Waals surface area contributed by atoms with Crippen molar-refractivity contribution < 1.29 is 27.1 Å². The van der Waals surface area contributed by atoms with Crippen LogP contribution in [0.3, 0.4) is 0 Å². The number of aliphatic hydroxyl groups is 1.